The summed E-state index contributed by atoms with van der Waals surface area (Å²) in [5.41, 5.74) is 3.17. The quantitative estimate of drug-likeness (QED) is 0.662. The Labute approximate surface area is 173 Å². The minimum absolute atomic E-state index is 0.0361. The van der Waals surface area contributed by atoms with E-state index >= 15 is 0 Å². The highest BCUT2D eigenvalue weighted by atomic mass is 16.2. The molecule has 2 aliphatic heterocycles. The van der Waals surface area contributed by atoms with Gasteiger partial charge >= 0.3 is 0 Å². The number of nitriles is 1. The Balaban J connectivity index is 1.48. The lowest BCUT2D eigenvalue weighted by Crippen LogP contribution is -2.49. The average Bonchev–Trinajstić information content (AvgIpc) is 2.80. The van der Waals surface area contributed by atoms with Crippen LogP contribution in [-0.2, 0) is 6.54 Å². The van der Waals surface area contributed by atoms with E-state index in [-0.39, 0.29) is 23.3 Å². The number of amides is 1. The molecule has 5 rings (SSSR count). The summed E-state index contributed by atoms with van der Waals surface area (Å²) in [5.74, 6) is 0.221. The Morgan fingerprint density at radius 3 is 2.83 bits per heavy atom. The highest BCUT2D eigenvalue weighted by Gasteiger charge is 2.37. The van der Waals surface area contributed by atoms with Crippen LogP contribution in [0.15, 0.2) is 59.8 Å². The van der Waals surface area contributed by atoms with Crippen LogP contribution in [0.25, 0.3) is 11.1 Å². The molecule has 148 valence electrons. The van der Waals surface area contributed by atoms with Gasteiger partial charge < -0.3 is 9.47 Å². The lowest BCUT2D eigenvalue weighted by atomic mass is 9.82. The van der Waals surface area contributed by atoms with Gasteiger partial charge in [-0.3, -0.25) is 14.6 Å². The molecular weight excluding hydrogens is 378 g/mol. The summed E-state index contributed by atoms with van der Waals surface area (Å²) in [7, 11) is 0. The number of piperidine rings is 1. The van der Waals surface area contributed by atoms with Crippen LogP contribution in [0.3, 0.4) is 0 Å². The Morgan fingerprint density at radius 1 is 1.13 bits per heavy atom. The highest BCUT2D eigenvalue weighted by molar-refractivity contribution is 5.92. The summed E-state index contributed by atoms with van der Waals surface area (Å²) < 4.78 is 1.86. The van der Waals surface area contributed by atoms with Gasteiger partial charge in [-0.2, -0.15) is 5.26 Å². The molecule has 7 heteroatoms. The van der Waals surface area contributed by atoms with E-state index in [4.69, 9.17) is 5.26 Å². The van der Waals surface area contributed by atoms with Crippen LogP contribution in [0.5, 0.6) is 0 Å². The number of pyridine rings is 1. The third-order valence-corrected chi connectivity index (χ3v) is 5.98. The molecule has 0 N–H and O–H groups in total. The smallest absolute Gasteiger partial charge is 0.274 e. The van der Waals surface area contributed by atoms with Crippen molar-refractivity contribution in [2.45, 2.75) is 18.9 Å². The number of fused-ring (bicyclic) bond motifs is 4. The van der Waals surface area contributed by atoms with E-state index < -0.39 is 0 Å². The zero-order valence-electron chi connectivity index (χ0n) is 16.2. The Bertz CT molecular complexity index is 1230. The third kappa shape index (κ3) is 3.07. The van der Waals surface area contributed by atoms with Crippen LogP contribution >= 0.6 is 0 Å². The second-order valence-electron chi connectivity index (χ2n) is 7.88. The second kappa shape index (κ2) is 7.23. The standard InChI is InChI=1S/C23H19N5O2/c24-10-15-2-1-3-17(8-15)19-4-5-21-18-9-16(13-28(21)22(19)29)12-27(14-18)23(30)20-11-25-6-7-26-20/h1-8,11,16,18H,9,12-14H2. The lowest BCUT2D eigenvalue weighted by Gasteiger charge is -2.42. The van der Waals surface area contributed by atoms with Crippen molar-refractivity contribution in [3.8, 4) is 17.2 Å². The van der Waals surface area contributed by atoms with Gasteiger partial charge in [0.05, 0.1) is 17.8 Å². The fraction of sp³-hybridized carbons (Fsp3) is 0.261. The van der Waals surface area contributed by atoms with Gasteiger partial charge in [0.2, 0.25) is 0 Å². The van der Waals surface area contributed by atoms with E-state index in [0.29, 0.717) is 36.5 Å². The fourth-order valence-corrected chi connectivity index (χ4v) is 4.66. The molecule has 2 bridgehead atoms. The SMILES string of the molecule is N#Cc1cccc(-c2ccc3n(c2=O)CC2CC3CN(C(=O)c3cnccn3)C2)c1. The van der Waals surface area contributed by atoms with Crippen molar-refractivity contribution in [1.29, 1.82) is 5.26 Å². The van der Waals surface area contributed by atoms with Crippen molar-refractivity contribution >= 4 is 5.91 Å². The van der Waals surface area contributed by atoms with Crippen molar-refractivity contribution in [2.24, 2.45) is 5.92 Å². The van der Waals surface area contributed by atoms with Crippen molar-refractivity contribution in [1.82, 2.24) is 19.4 Å². The molecule has 2 atom stereocenters. The van der Waals surface area contributed by atoms with Crippen LogP contribution in [0.1, 0.15) is 34.1 Å². The minimum Gasteiger partial charge on any atom is -0.336 e. The van der Waals surface area contributed by atoms with E-state index in [0.717, 1.165) is 17.7 Å². The summed E-state index contributed by atoms with van der Waals surface area (Å²) in [5, 5.41) is 9.16. The number of hydrogen-bond donors (Lipinski definition) is 0. The van der Waals surface area contributed by atoms with Crippen LogP contribution in [-0.4, -0.2) is 38.4 Å². The number of carbonyl (C=O) groups excluding carboxylic acids is 1. The Hall–Kier alpha value is -3.79. The van der Waals surface area contributed by atoms with Crippen molar-refractivity contribution in [3.63, 3.8) is 0 Å². The monoisotopic (exact) mass is 397 g/mol. The Kier molecular flexibility index (Phi) is 4.40. The molecule has 7 nitrogen and oxygen atoms in total. The van der Waals surface area contributed by atoms with Crippen LogP contribution in [0.4, 0.5) is 0 Å². The molecule has 0 radical (unpaired) electrons. The van der Waals surface area contributed by atoms with Crippen molar-refractivity contribution < 1.29 is 4.79 Å². The molecule has 1 amide bonds. The molecule has 0 aliphatic carbocycles. The van der Waals surface area contributed by atoms with Gasteiger partial charge in [0.25, 0.3) is 11.5 Å². The van der Waals surface area contributed by atoms with Gasteiger partial charge in [0.15, 0.2) is 0 Å². The van der Waals surface area contributed by atoms with Crippen LogP contribution < -0.4 is 5.56 Å². The number of rotatable bonds is 2. The summed E-state index contributed by atoms with van der Waals surface area (Å²) in [4.78, 5) is 36.1. The molecule has 2 aromatic heterocycles. The van der Waals surface area contributed by atoms with Gasteiger partial charge in [0, 0.05) is 49.2 Å². The van der Waals surface area contributed by atoms with E-state index in [9.17, 15) is 9.59 Å². The zero-order chi connectivity index (χ0) is 20.7. The molecule has 0 saturated carbocycles. The predicted molar refractivity (Wildman–Crippen MR) is 110 cm³/mol. The summed E-state index contributed by atoms with van der Waals surface area (Å²) in [6, 6.07) is 13.1. The number of likely N-dealkylation sites (tertiary alicyclic amines) is 1. The Morgan fingerprint density at radius 2 is 2.03 bits per heavy atom. The molecule has 1 aromatic carbocycles. The topological polar surface area (TPSA) is 91.9 Å². The van der Waals surface area contributed by atoms with Gasteiger partial charge in [-0.05, 0) is 42.2 Å². The maximum Gasteiger partial charge on any atom is 0.274 e. The second-order valence-corrected chi connectivity index (χ2v) is 7.88. The molecule has 3 aromatic rings. The van der Waals surface area contributed by atoms with Crippen molar-refractivity contribution in [2.75, 3.05) is 13.1 Å². The fourth-order valence-electron chi connectivity index (χ4n) is 4.66. The summed E-state index contributed by atoms with van der Waals surface area (Å²) in [6.07, 6.45) is 5.53. The molecule has 2 aliphatic rings. The first kappa shape index (κ1) is 18.3. The molecular formula is C23H19N5O2. The van der Waals surface area contributed by atoms with E-state index in [1.165, 1.54) is 12.4 Å². The average molecular weight is 397 g/mol. The van der Waals surface area contributed by atoms with E-state index in [1.807, 2.05) is 27.7 Å². The summed E-state index contributed by atoms with van der Waals surface area (Å²) >= 11 is 0. The number of nitrogens with zero attached hydrogens (tertiary/aromatic N) is 5. The maximum absolute atomic E-state index is 13.3. The molecule has 2 unspecified atom stereocenters. The maximum atomic E-state index is 13.3. The first-order chi connectivity index (χ1) is 14.6. The summed E-state index contributed by atoms with van der Waals surface area (Å²) in [6.45, 7) is 1.75. The van der Waals surface area contributed by atoms with Gasteiger partial charge in [0.1, 0.15) is 5.69 Å². The normalized spacial score (nSPS) is 19.6. The largest absolute Gasteiger partial charge is 0.336 e. The van der Waals surface area contributed by atoms with E-state index in [2.05, 4.69) is 16.0 Å². The zero-order valence-corrected chi connectivity index (χ0v) is 16.2. The molecule has 30 heavy (non-hydrogen) atoms. The third-order valence-electron chi connectivity index (χ3n) is 5.98. The minimum atomic E-state index is -0.112. The van der Waals surface area contributed by atoms with Crippen LogP contribution in [0.2, 0.25) is 0 Å². The number of aromatic nitrogens is 3. The first-order valence-corrected chi connectivity index (χ1v) is 9.93. The number of hydrogen-bond acceptors (Lipinski definition) is 5. The lowest BCUT2D eigenvalue weighted by molar-refractivity contribution is 0.0588. The number of benzene rings is 1. The molecule has 4 heterocycles. The molecule has 1 fully saturated rings. The van der Waals surface area contributed by atoms with Crippen molar-refractivity contribution in [3.05, 3.63) is 82.3 Å². The molecule has 0 spiro atoms. The molecule has 1 saturated heterocycles. The van der Waals surface area contributed by atoms with Gasteiger partial charge in [-0.25, -0.2) is 4.98 Å². The highest BCUT2D eigenvalue weighted by Crippen LogP contribution is 2.36. The number of carbonyl (C=O) groups is 1. The van der Waals surface area contributed by atoms with Gasteiger partial charge in [-0.15, -0.1) is 0 Å². The van der Waals surface area contributed by atoms with E-state index in [1.54, 1.807) is 24.4 Å². The predicted octanol–water partition coefficient (Wildman–Crippen LogP) is 2.44. The first-order valence-electron chi connectivity index (χ1n) is 9.93. The van der Waals surface area contributed by atoms with Gasteiger partial charge in [-0.1, -0.05) is 12.1 Å². The van der Waals surface area contributed by atoms with Crippen LogP contribution in [0, 0.1) is 17.2 Å².